The minimum atomic E-state index is -0.729. The molecular weight excluding hydrogens is 450 g/mol. The van der Waals surface area contributed by atoms with Gasteiger partial charge in [-0.15, -0.1) is 37.3 Å². The van der Waals surface area contributed by atoms with Crippen molar-refractivity contribution in [1.29, 1.82) is 0 Å². The zero-order valence-corrected chi connectivity index (χ0v) is 22.7. The van der Waals surface area contributed by atoms with E-state index in [-0.39, 0.29) is 23.3 Å². The Hall–Kier alpha value is -3.57. The van der Waals surface area contributed by atoms with Gasteiger partial charge in [-0.3, -0.25) is 9.79 Å². The smallest absolute Gasteiger partial charge is 0.334 e. The maximum absolute atomic E-state index is 11.9. The van der Waals surface area contributed by atoms with Crippen LogP contribution in [0.15, 0.2) is 60.6 Å². The molecule has 0 bridgehead atoms. The highest BCUT2D eigenvalue weighted by molar-refractivity contribution is 5.90. The summed E-state index contributed by atoms with van der Waals surface area (Å²) in [6, 6.07) is 9.73. The predicted molar refractivity (Wildman–Crippen MR) is 148 cm³/mol. The molecule has 0 aromatic heterocycles. The van der Waals surface area contributed by atoms with E-state index in [0.717, 1.165) is 12.0 Å². The maximum Gasteiger partial charge on any atom is 0.334 e. The van der Waals surface area contributed by atoms with Crippen LogP contribution in [-0.4, -0.2) is 36.9 Å². The summed E-state index contributed by atoms with van der Waals surface area (Å²) in [7, 11) is 0. The van der Waals surface area contributed by atoms with E-state index in [4.69, 9.17) is 9.47 Å². The first-order chi connectivity index (χ1) is 17.2. The van der Waals surface area contributed by atoms with Crippen molar-refractivity contribution in [3.05, 3.63) is 61.2 Å². The molecule has 0 radical (unpaired) electrons. The fraction of sp³-hybridized carbons (Fsp3) is 0.452. The van der Waals surface area contributed by atoms with Crippen LogP contribution in [0.2, 0.25) is 0 Å². The number of ether oxygens (including phenoxy) is 2. The molecule has 2 fully saturated rings. The van der Waals surface area contributed by atoms with Gasteiger partial charge in [0.2, 0.25) is 0 Å². The summed E-state index contributed by atoms with van der Waals surface area (Å²) in [5.41, 5.74) is 0.00151. The van der Waals surface area contributed by atoms with Gasteiger partial charge in [0.25, 0.3) is 0 Å². The molecule has 0 saturated heterocycles. The molecule has 5 heteroatoms. The predicted octanol–water partition coefficient (Wildman–Crippen LogP) is 6.04. The summed E-state index contributed by atoms with van der Waals surface area (Å²) >= 11 is 0. The fourth-order valence-corrected chi connectivity index (χ4v) is 3.25. The van der Waals surface area contributed by atoms with Crippen molar-refractivity contribution in [2.24, 2.45) is 22.2 Å². The largest absolute Gasteiger partial charge is 0.466 e. The van der Waals surface area contributed by atoms with E-state index in [1.807, 2.05) is 64.1 Å². The molecule has 4 unspecified atom stereocenters. The number of esters is 2. The first-order valence-electron chi connectivity index (χ1n) is 12.1. The average Bonchev–Trinajstić information content (AvgIpc) is 3.79. The maximum atomic E-state index is 11.9. The molecule has 36 heavy (non-hydrogen) atoms. The molecule has 1 aromatic carbocycles. The molecule has 2 aliphatic rings. The summed E-state index contributed by atoms with van der Waals surface area (Å²) in [5, 5.41) is 0. The van der Waals surface area contributed by atoms with Crippen LogP contribution in [0.4, 0.5) is 0 Å². The molecule has 0 N–H and O–H groups in total. The van der Waals surface area contributed by atoms with Crippen molar-refractivity contribution in [3.8, 4) is 24.2 Å². The molecule has 194 valence electrons. The molecule has 4 atom stereocenters. The van der Waals surface area contributed by atoms with Gasteiger partial charge in [0, 0.05) is 12.1 Å². The Bertz CT molecular complexity index is 973. The Balaban J connectivity index is 0.000000577. The topological polar surface area (TPSA) is 65.0 Å². The Kier molecular flexibility index (Phi) is 15.3. The molecule has 2 aliphatic carbocycles. The lowest BCUT2D eigenvalue weighted by atomic mass is 10.1. The van der Waals surface area contributed by atoms with Crippen molar-refractivity contribution in [2.75, 3.05) is 13.2 Å². The monoisotopic (exact) mass is 491 g/mol. The Morgan fingerprint density at radius 1 is 1.00 bits per heavy atom. The molecular formula is C31H41NO4. The second-order valence-electron chi connectivity index (χ2n) is 8.33. The number of rotatable bonds is 8. The SMILES string of the molecule is C#CC.C=CC1CC1(C)C(=O)OCC.C=CC1CC1(N=Cc1ccccc1)C(=O)OCC.CC#CC. The van der Waals surface area contributed by atoms with Gasteiger partial charge in [0.1, 0.15) is 0 Å². The van der Waals surface area contributed by atoms with Gasteiger partial charge in [-0.05, 0) is 65.9 Å². The van der Waals surface area contributed by atoms with Crippen LogP contribution in [0, 0.1) is 41.4 Å². The minimum Gasteiger partial charge on any atom is -0.466 e. The first-order valence-corrected chi connectivity index (χ1v) is 12.1. The van der Waals surface area contributed by atoms with E-state index in [9.17, 15) is 9.59 Å². The summed E-state index contributed by atoms with van der Waals surface area (Å²) in [6.45, 7) is 19.1. The van der Waals surface area contributed by atoms with Crippen LogP contribution < -0.4 is 0 Å². The van der Waals surface area contributed by atoms with Crippen molar-refractivity contribution >= 4 is 18.2 Å². The zero-order valence-electron chi connectivity index (χ0n) is 22.7. The molecule has 0 heterocycles. The number of carbonyl (C=O) groups excluding carboxylic acids is 2. The van der Waals surface area contributed by atoms with Crippen molar-refractivity contribution in [3.63, 3.8) is 0 Å². The van der Waals surface area contributed by atoms with Crippen LogP contribution in [0.3, 0.4) is 0 Å². The van der Waals surface area contributed by atoms with E-state index in [1.165, 1.54) is 0 Å². The average molecular weight is 492 g/mol. The Morgan fingerprint density at radius 3 is 1.89 bits per heavy atom. The number of carbonyl (C=O) groups is 2. The summed E-state index contributed by atoms with van der Waals surface area (Å²) in [5.74, 6) is 7.71. The number of hydrogen-bond acceptors (Lipinski definition) is 5. The van der Waals surface area contributed by atoms with Gasteiger partial charge < -0.3 is 9.47 Å². The second kappa shape index (κ2) is 17.0. The summed E-state index contributed by atoms with van der Waals surface area (Å²) < 4.78 is 10.0. The van der Waals surface area contributed by atoms with Crippen molar-refractivity contribution in [2.45, 2.75) is 59.9 Å². The molecule has 2 saturated carbocycles. The van der Waals surface area contributed by atoms with Crippen LogP contribution >= 0.6 is 0 Å². The van der Waals surface area contributed by atoms with Crippen LogP contribution in [0.1, 0.15) is 59.9 Å². The number of benzene rings is 1. The highest BCUT2D eigenvalue weighted by Gasteiger charge is 2.60. The molecule has 1 aromatic rings. The van der Waals surface area contributed by atoms with Gasteiger partial charge in [0.15, 0.2) is 5.54 Å². The van der Waals surface area contributed by atoms with Gasteiger partial charge in [0.05, 0.1) is 18.6 Å². The van der Waals surface area contributed by atoms with Gasteiger partial charge in [-0.1, -0.05) is 42.5 Å². The Labute approximate surface area is 218 Å². The fourth-order valence-electron chi connectivity index (χ4n) is 3.25. The second-order valence-corrected chi connectivity index (χ2v) is 8.33. The molecule has 3 rings (SSSR count). The minimum absolute atomic E-state index is 0.0788. The number of allylic oxidation sites excluding steroid dienone is 1. The van der Waals surface area contributed by atoms with E-state index in [0.29, 0.717) is 25.6 Å². The number of nitrogens with zero attached hydrogens (tertiary/aromatic N) is 1. The van der Waals surface area contributed by atoms with E-state index >= 15 is 0 Å². The van der Waals surface area contributed by atoms with Gasteiger partial charge in [-0.2, -0.15) is 0 Å². The van der Waals surface area contributed by atoms with Gasteiger partial charge in [-0.25, -0.2) is 4.79 Å². The number of aliphatic imine (C=N–C) groups is 1. The molecule has 5 nitrogen and oxygen atoms in total. The lowest BCUT2D eigenvalue weighted by molar-refractivity contribution is -0.149. The van der Waals surface area contributed by atoms with E-state index in [1.54, 1.807) is 26.1 Å². The van der Waals surface area contributed by atoms with Crippen molar-refractivity contribution < 1.29 is 19.1 Å². The number of terminal acetylenes is 1. The normalized spacial score (nSPS) is 24.1. The summed E-state index contributed by atoms with van der Waals surface area (Å²) in [6.07, 6.45) is 11.5. The van der Waals surface area contributed by atoms with Crippen LogP contribution in [0.25, 0.3) is 0 Å². The van der Waals surface area contributed by atoms with Crippen LogP contribution in [0.5, 0.6) is 0 Å². The van der Waals surface area contributed by atoms with E-state index in [2.05, 4.69) is 42.3 Å². The lowest BCUT2D eigenvalue weighted by Gasteiger charge is -2.09. The third-order valence-electron chi connectivity index (χ3n) is 5.72. The molecule has 0 amide bonds. The third kappa shape index (κ3) is 9.96. The number of hydrogen-bond donors (Lipinski definition) is 0. The molecule has 0 spiro atoms. The highest BCUT2D eigenvalue weighted by Crippen LogP contribution is 2.53. The highest BCUT2D eigenvalue weighted by atomic mass is 16.5. The lowest BCUT2D eigenvalue weighted by Crippen LogP contribution is -2.25. The summed E-state index contributed by atoms with van der Waals surface area (Å²) in [4.78, 5) is 27.6. The third-order valence-corrected chi connectivity index (χ3v) is 5.72. The quantitative estimate of drug-likeness (QED) is 0.192. The standard InChI is InChI=1S/C15H17NO2.C9H14O2.C4H6.C3H4/c1-3-13-10-15(13,14(17)18-4-2)16-11-12-8-6-5-7-9-12;1-4-7-6-9(7,3)8(10)11-5-2;1-3-4-2;1-3-2/h3,5-9,11,13H,1,4,10H2,2H3;4,7H,1,5-6H2,2-3H3;1-2H3;1H,2H3. The first kappa shape index (κ1) is 32.4. The molecule has 0 aliphatic heterocycles. The zero-order chi connectivity index (χ0) is 27.6. The Morgan fingerprint density at radius 2 is 1.50 bits per heavy atom. The van der Waals surface area contributed by atoms with Crippen molar-refractivity contribution in [1.82, 2.24) is 0 Å². The van der Waals surface area contributed by atoms with Crippen LogP contribution in [-0.2, 0) is 19.1 Å². The van der Waals surface area contributed by atoms with E-state index < -0.39 is 5.54 Å². The van der Waals surface area contributed by atoms with Gasteiger partial charge >= 0.3 is 11.9 Å².